The summed E-state index contributed by atoms with van der Waals surface area (Å²) in [7, 11) is 0. The van der Waals surface area contributed by atoms with E-state index in [1.807, 2.05) is 4.68 Å². The van der Waals surface area contributed by atoms with Crippen LogP contribution in [0.4, 0.5) is 0 Å². The van der Waals surface area contributed by atoms with E-state index in [1.54, 1.807) is 0 Å². The standard InChI is InChI=1S/C17H25N3/c1-5-15-11-17(20(6-2)19-15)16(18)10-14-8-12(3)7-13(4)9-14/h7-9,11,16H,5-6,10,18H2,1-4H3. The summed E-state index contributed by atoms with van der Waals surface area (Å²) in [6.07, 6.45) is 1.81. The van der Waals surface area contributed by atoms with E-state index in [-0.39, 0.29) is 6.04 Å². The fraction of sp³-hybridized carbons (Fsp3) is 0.471. The molecule has 108 valence electrons. The van der Waals surface area contributed by atoms with Crippen LogP contribution in [-0.4, -0.2) is 9.78 Å². The van der Waals surface area contributed by atoms with Crippen molar-refractivity contribution in [3.63, 3.8) is 0 Å². The van der Waals surface area contributed by atoms with Crippen LogP contribution < -0.4 is 5.73 Å². The molecular weight excluding hydrogens is 246 g/mol. The van der Waals surface area contributed by atoms with Gasteiger partial charge in [-0.1, -0.05) is 36.2 Å². The minimum atomic E-state index is 0.00366. The number of hydrogen-bond acceptors (Lipinski definition) is 2. The molecule has 1 aromatic carbocycles. The Hall–Kier alpha value is -1.61. The maximum Gasteiger partial charge on any atom is 0.0625 e. The first-order valence-electron chi connectivity index (χ1n) is 7.42. The molecule has 0 saturated heterocycles. The molecular formula is C17H25N3. The summed E-state index contributed by atoms with van der Waals surface area (Å²) in [6.45, 7) is 9.37. The Morgan fingerprint density at radius 2 is 1.75 bits per heavy atom. The molecule has 2 N–H and O–H groups in total. The third-order valence-electron chi connectivity index (χ3n) is 3.64. The highest BCUT2D eigenvalue weighted by molar-refractivity contribution is 5.30. The third kappa shape index (κ3) is 3.28. The van der Waals surface area contributed by atoms with Gasteiger partial charge in [-0.3, -0.25) is 4.68 Å². The SMILES string of the molecule is CCc1cc(C(N)Cc2cc(C)cc(C)c2)n(CC)n1. The maximum atomic E-state index is 6.41. The molecule has 1 atom stereocenters. The topological polar surface area (TPSA) is 43.8 Å². The molecule has 1 unspecified atom stereocenters. The largest absolute Gasteiger partial charge is 0.322 e. The van der Waals surface area contributed by atoms with Crippen LogP contribution in [0.5, 0.6) is 0 Å². The average Bonchev–Trinajstić information content (AvgIpc) is 2.80. The molecule has 3 nitrogen and oxygen atoms in total. The maximum absolute atomic E-state index is 6.41. The summed E-state index contributed by atoms with van der Waals surface area (Å²) < 4.78 is 2.03. The van der Waals surface area contributed by atoms with Crippen LogP contribution >= 0.6 is 0 Å². The van der Waals surface area contributed by atoms with Crippen LogP contribution in [0, 0.1) is 13.8 Å². The predicted octanol–water partition coefficient (Wildman–Crippen LogP) is 3.32. The van der Waals surface area contributed by atoms with Crippen molar-refractivity contribution in [2.24, 2.45) is 5.73 Å². The zero-order chi connectivity index (χ0) is 14.7. The zero-order valence-electron chi connectivity index (χ0n) is 13.0. The lowest BCUT2D eigenvalue weighted by Gasteiger charge is -2.14. The first kappa shape index (κ1) is 14.8. The van der Waals surface area contributed by atoms with Gasteiger partial charge in [0, 0.05) is 6.54 Å². The fourth-order valence-corrected chi connectivity index (χ4v) is 2.76. The second-order valence-electron chi connectivity index (χ2n) is 5.54. The number of rotatable bonds is 5. The number of hydrogen-bond donors (Lipinski definition) is 1. The Kier molecular flexibility index (Phi) is 4.61. The van der Waals surface area contributed by atoms with Gasteiger partial charge in [-0.25, -0.2) is 0 Å². The van der Waals surface area contributed by atoms with Crippen LogP contribution in [0.15, 0.2) is 24.3 Å². The lowest BCUT2D eigenvalue weighted by atomic mass is 10.00. The Bertz CT molecular complexity index is 564. The summed E-state index contributed by atoms with van der Waals surface area (Å²) in [5.74, 6) is 0. The summed E-state index contributed by atoms with van der Waals surface area (Å²) in [6, 6.07) is 8.79. The number of aromatic nitrogens is 2. The van der Waals surface area contributed by atoms with E-state index in [0.717, 1.165) is 30.8 Å². The Labute approximate surface area is 121 Å². The molecule has 1 aromatic heterocycles. The van der Waals surface area contributed by atoms with Crippen LogP contribution in [0.2, 0.25) is 0 Å². The van der Waals surface area contributed by atoms with E-state index in [1.165, 1.54) is 16.7 Å². The first-order chi connectivity index (χ1) is 9.53. The van der Waals surface area contributed by atoms with E-state index in [9.17, 15) is 0 Å². The molecule has 0 aliphatic rings. The van der Waals surface area contributed by atoms with Crippen molar-refractivity contribution in [2.45, 2.75) is 53.1 Å². The van der Waals surface area contributed by atoms with Gasteiger partial charge in [0.2, 0.25) is 0 Å². The molecule has 0 spiro atoms. The van der Waals surface area contributed by atoms with Gasteiger partial charge in [-0.15, -0.1) is 0 Å². The highest BCUT2D eigenvalue weighted by Crippen LogP contribution is 2.19. The second kappa shape index (κ2) is 6.23. The van der Waals surface area contributed by atoms with Crippen molar-refractivity contribution in [1.82, 2.24) is 9.78 Å². The van der Waals surface area contributed by atoms with Crippen LogP contribution in [-0.2, 0) is 19.4 Å². The molecule has 0 aliphatic heterocycles. The summed E-state index contributed by atoms with van der Waals surface area (Å²) >= 11 is 0. The highest BCUT2D eigenvalue weighted by atomic mass is 15.3. The van der Waals surface area contributed by atoms with E-state index >= 15 is 0 Å². The molecule has 0 amide bonds. The van der Waals surface area contributed by atoms with Crippen LogP contribution in [0.3, 0.4) is 0 Å². The van der Waals surface area contributed by atoms with Gasteiger partial charge >= 0.3 is 0 Å². The molecule has 3 heteroatoms. The van der Waals surface area contributed by atoms with Crippen molar-refractivity contribution < 1.29 is 0 Å². The Morgan fingerprint density at radius 1 is 1.10 bits per heavy atom. The van der Waals surface area contributed by atoms with E-state index in [0.29, 0.717) is 0 Å². The zero-order valence-corrected chi connectivity index (χ0v) is 13.0. The molecule has 1 heterocycles. The van der Waals surface area contributed by atoms with Crippen molar-refractivity contribution in [3.05, 3.63) is 52.3 Å². The van der Waals surface area contributed by atoms with Gasteiger partial charge in [0.15, 0.2) is 0 Å². The van der Waals surface area contributed by atoms with Crippen LogP contribution in [0.25, 0.3) is 0 Å². The molecule has 0 aliphatic carbocycles. The van der Waals surface area contributed by atoms with Crippen molar-refractivity contribution in [2.75, 3.05) is 0 Å². The van der Waals surface area contributed by atoms with Gasteiger partial charge in [0.05, 0.1) is 17.4 Å². The van der Waals surface area contributed by atoms with Gasteiger partial charge in [0.1, 0.15) is 0 Å². The Balaban J connectivity index is 2.22. The Morgan fingerprint density at radius 3 is 2.30 bits per heavy atom. The monoisotopic (exact) mass is 271 g/mol. The number of aryl methyl sites for hydroxylation is 4. The lowest BCUT2D eigenvalue weighted by Crippen LogP contribution is -2.18. The molecule has 0 bridgehead atoms. The predicted molar refractivity (Wildman–Crippen MR) is 83.8 cm³/mol. The van der Waals surface area contributed by atoms with Gasteiger partial charge in [0.25, 0.3) is 0 Å². The third-order valence-corrected chi connectivity index (χ3v) is 3.64. The molecule has 2 rings (SSSR count). The minimum absolute atomic E-state index is 0.00366. The lowest BCUT2D eigenvalue weighted by molar-refractivity contribution is 0.565. The fourth-order valence-electron chi connectivity index (χ4n) is 2.76. The van der Waals surface area contributed by atoms with Crippen molar-refractivity contribution in [3.8, 4) is 0 Å². The molecule has 2 aromatic rings. The molecule has 0 saturated carbocycles. The smallest absolute Gasteiger partial charge is 0.0625 e. The van der Waals surface area contributed by atoms with E-state index in [2.05, 4.69) is 57.1 Å². The normalized spacial score (nSPS) is 12.7. The number of nitrogens with zero attached hydrogens (tertiary/aromatic N) is 2. The van der Waals surface area contributed by atoms with Crippen LogP contribution in [0.1, 0.15) is 48.0 Å². The van der Waals surface area contributed by atoms with E-state index in [4.69, 9.17) is 5.73 Å². The van der Waals surface area contributed by atoms with Crippen molar-refractivity contribution in [1.29, 1.82) is 0 Å². The summed E-state index contributed by atoms with van der Waals surface area (Å²) in [5, 5.41) is 4.58. The van der Waals surface area contributed by atoms with Crippen molar-refractivity contribution >= 4 is 0 Å². The minimum Gasteiger partial charge on any atom is -0.322 e. The number of nitrogens with two attached hydrogens (primary N) is 1. The quantitative estimate of drug-likeness (QED) is 0.906. The summed E-state index contributed by atoms with van der Waals surface area (Å²) in [4.78, 5) is 0. The highest BCUT2D eigenvalue weighted by Gasteiger charge is 2.14. The molecule has 0 fully saturated rings. The summed E-state index contributed by atoms with van der Waals surface area (Å²) in [5.41, 5.74) is 12.6. The first-order valence-corrected chi connectivity index (χ1v) is 7.42. The van der Waals surface area contributed by atoms with Gasteiger partial charge in [-0.05, 0) is 45.2 Å². The number of benzene rings is 1. The van der Waals surface area contributed by atoms with Gasteiger partial charge in [-0.2, -0.15) is 5.10 Å². The second-order valence-corrected chi connectivity index (χ2v) is 5.54. The average molecular weight is 271 g/mol. The van der Waals surface area contributed by atoms with E-state index < -0.39 is 0 Å². The molecule has 20 heavy (non-hydrogen) atoms. The molecule has 0 radical (unpaired) electrons. The van der Waals surface area contributed by atoms with Gasteiger partial charge < -0.3 is 5.73 Å².